The third kappa shape index (κ3) is 3.22. The fourth-order valence-corrected chi connectivity index (χ4v) is 3.97. The number of hydrogen-bond acceptors (Lipinski definition) is 6. The number of hydrazone groups is 1. The van der Waals surface area contributed by atoms with Crippen molar-refractivity contribution in [2.75, 3.05) is 0 Å². The summed E-state index contributed by atoms with van der Waals surface area (Å²) in [5.41, 5.74) is 3.13. The van der Waals surface area contributed by atoms with Gasteiger partial charge in [-0.05, 0) is 30.5 Å². The Morgan fingerprint density at radius 1 is 1.04 bits per heavy atom. The molecule has 1 aliphatic carbocycles. The van der Waals surface area contributed by atoms with Crippen LogP contribution in [0.4, 0.5) is 0 Å². The van der Waals surface area contributed by atoms with Crippen LogP contribution in [0.3, 0.4) is 0 Å². The summed E-state index contributed by atoms with van der Waals surface area (Å²) in [5.74, 6) is -0.130. The van der Waals surface area contributed by atoms with E-state index in [0.29, 0.717) is 12.1 Å². The summed E-state index contributed by atoms with van der Waals surface area (Å²) in [4.78, 5) is 27.0. The predicted molar refractivity (Wildman–Crippen MR) is 100 cm³/mol. The Morgan fingerprint density at radius 3 is 2.44 bits per heavy atom. The van der Waals surface area contributed by atoms with Gasteiger partial charge in [-0.1, -0.05) is 31.4 Å². The van der Waals surface area contributed by atoms with Gasteiger partial charge in [0.2, 0.25) is 5.88 Å². The van der Waals surface area contributed by atoms with Crippen molar-refractivity contribution in [3.63, 3.8) is 0 Å². The number of phenols is 1. The molecule has 4 N–H and O–H groups in total. The Kier molecular flexibility index (Phi) is 4.47. The molecule has 0 saturated heterocycles. The van der Waals surface area contributed by atoms with Gasteiger partial charge in [0.05, 0.1) is 11.8 Å². The van der Waals surface area contributed by atoms with Gasteiger partial charge >= 0.3 is 5.69 Å². The number of aromatic hydroxyl groups is 2. The first-order valence-electron chi connectivity index (χ1n) is 9.24. The molecule has 2 aromatic rings. The zero-order chi connectivity index (χ0) is 19.0. The summed E-state index contributed by atoms with van der Waals surface area (Å²) < 4.78 is 1.31. The number of phenolic OH excluding ortho intramolecular Hbond substituents is 1. The molecule has 2 aliphatic rings. The highest BCUT2D eigenvalue weighted by Crippen LogP contribution is 2.32. The van der Waals surface area contributed by atoms with E-state index in [9.17, 15) is 19.8 Å². The molecule has 0 radical (unpaired) electrons. The van der Waals surface area contributed by atoms with Crippen LogP contribution < -0.4 is 16.7 Å². The van der Waals surface area contributed by atoms with Gasteiger partial charge in [-0.2, -0.15) is 5.10 Å². The van der Waals surface area contributed by atoms with Gasteiger partial charge < -0.3 is 15.6 Å². The maximum atomic E-state index is 12.4. The minimum Gasteiger partial charge on any atom is -0.508 e. The first-order chi connectivity index (χ1) is 13.0. The van der Waals surface area contributed by atoms with Gasteiger partial charge in [-0.15, -0.1) is 0 Å². The van der Waals surface area contributed by atoms with Crippen LogP contribution in [0.15, 0.2) is 39.0 Å². The maximum Gasteiger partial charge on any atom is 0.331 e. The van der Waals surface area contributed by atoms with Gasteiger partial charge in [0.25, 0.3) is 5.56 Å². The number of hydrogen-bond donors (Lipinski definition) is 4. The molecule has 1 aromatic carbocycles. The van der Waals surface area contributed by atoms with E-state index in [1.807, 2.05) is 0 Å². The normalized spacial score (nSPS) is 20.3. The van der Waals surface area contributed by atoms with Crippen LogP contribution in [-0.2, 0) is 0 Å². The van der Waals surface area contributed by atoms with Crippen molar-refractivity contribution in [2.24, 2.45) is 5.10 Å². The van der Waals surface area contributed by atoms with E-state index >= 15 is 0 Å². The van der Waals surface area contributed by atoms with Crippen molar-refractivity contribution in [2.45, 2.75) is 50.6 Å². The average Bonchev–Trinajstić information content (AvgIpc) is 3.12. The van der Waals surface area contributed by atoms with Crippen LogP contribution >= 0.6 is 0 Å². The number of benzene rings is 1. The van der Waals surface area contributed by atoms with Crippen molar-refractivity contribution in [1.29, 1.82) is 0 Å². The summed E-state index contributed by atoms with van der Waals surface area (Å²) in [6.45, 7) is 0. The molecular formula is C19H22N4O4. The zero-order valence-corrected chi connectivity index (χ0v) is 14.8. The van der Waals surface area contributed by atoms with E-state index in [1.54, 1.807) is 24.3 Å². The summed E-state index contributed by atoms with van der Waals surface area (Å²) in [7, 11) is 0. The smallest absolute Gasteiger partial charge is 0.331 e. The third-order valence-corrected chi connectivity index (χ3v) is 5.39. The molecule has 1 aromatic heterocycles. The highest BCUT2D eigenvalue weighted by Gasteiger charge is 2.29. The van der Waals surface area contributed by atoms with Gasteiger partial charge in [-0.3, -0.25) is 14.3 Å². The van der Waals surface area contributed by atoms with E-state index < -0.39 is 11.2 Å². The first-order valence-corrected chi connectivity index (χ1v) is 9.24. The molecule has 1 aliphatic heterocycles. The van der Waals surface area contributed by atoms with E-state index in [1.165, 1.54) is 4.57 Å². The number of nitrogens with one attached hydrogen (secondary N) is 2. The quantitative estimate of drug-likeness (QED) is 0.658. The lowest BCUT2D eigenvalue weighted by Gasteiger charge is -2.25. The van der Waals surface area contributed by atoms with Gasteiger partial charge in [0.15, 0.2) is 0 Å². The van der Waals surface area contributed by atoms with Crippen molar-refractivity contribution in [1.82, 2.24) is 15.0 Å². The van der Waals surface area contributed by atoms with Crippen LogP contribution in [-0.4, -0.2) is 25.5 Å². The minimum absolute atomic E-state index is 0.0500. The van der Waals surface area contributed by atoms with E-state index in [2.05, 4.69) is 15.5 Å². The van der Waals surface area contributed by atoms with Crippen molar-refractivity contribution < 1.29 is 10.2 Å². The van der Waals surface area contributed by atoms with Crippen LogP contribution in [0.5, 0.6) is 11.6 Å². The Bertz CT molecular complexity index is 984. The van der Waals surface area contributed by atoms with Gasteiger partial charge in [0, 0.05) is 12.5 Å². The number of rotatable bonds is 3. The molecule has 1 unspecified atom stereocenters. The molecule has 27 heavy (non-hydrogen) atoms. The molecule has 4 rings (SSSR count). The topological polar surface area (TPSA) is 120 Å². The Hall–Kier alpha value is -3.03. The van der Waals surface area contributed by atoms with Gasteiger partial charge in [0.1, 0.15) is 11.3 Å². The lowest BCUT2D eigenvalue weighted by atomic mass is 9.95. The largest absolute Gasteiger partial charge is 0.508 e. The number of aromatic amines is 1. The Labute approximate surface area is 155 Å². The molecule has 1 fully saturated rings. The number of H-pyrrole nitrogens is 1. The fourth-order valence-electron chi connectivity index (χ4n) is 3.97. The zero-order valence-electron chi connectivity index (χ0n) is 14.8. The Morgan fingerprint density at radius 2 is 1.74 bits per heavy atom. The van der Waals surface area contributed by atoms with Crippen LogP contribution in [0.1, 0.15) is 61.7 Å². The predicted octanol–water partition coefficient (Wildman–Crippen LogP) is 1.89. The minimum atomic E-state index is -0.628. The molecule has 1 atom stereocenters. The van der Waals surface area contributed by atoms with E-state index in [0.717, 1.165) is 37.7 Å². The molecule has 0 spiro atoms. The van der Waals surface area contributed by atoms with Crippen molar-refractivity contribution in [3.05, 3.63) is 56.2 Å². The second kappa shape index (κ2) is 6.94. The standard InChI is InChI=1S/C19H22N4O4/c24-13-8-6-11(7-9-13)14-10-15(22-21-14)16-17(25)20-19(27)23(18(16)26)12-4-2-1-3-5-12/h6-9,12,14,21,24,26H,1-5,10H2,(H,20,25,27). The molecular weight excluding hydrogens is 348 g/mol. The summed E-state index contributed by atoms with van der Waals surface area (Å²) in [6, 6.07) is 6.45. The van der Waals surface area contributed by atoms with Crippen molar-refractivity contribution >= 4 is 5.71 Å². The fraction of sp³-hybridized carbons (Fsp3) is 0.421. The molecule has 142 valence electrons. The molecule has 0 bridgehead atoms. The number of nitrogens with zero attached hydrogens (tertiary/aromatic N) is 2. The lowest BCUT2D eigenvalue weighted by molar-refractivity contribution is 0.298. The average molecular weight is 370 g/mol. The molecule has 1 saturated carbocycles. The van der Waals surface area contributed by atoms with Crippen LogP contribution in [0, 0.1) is 0 Å². The molecule has 0 amide bonds. The molecule has 8 nitrogen and oxygen atoms in total. The maximum absolute atomic E-state index is 12.4. The van der Waals surface area contributed by atoms with Crippen LogP contribution in [0.25, 0.3) is 0 Å². The van der Waals surface area contributed by atoms with E-state index in [4.69, 9.17) is 0 Å². The Balaban J connectivity index is 1.67. The third-order valence-electron chi connectivity index (χ3n) is 5.39. The molecule has 8 heteroatoms. The molecule has 2 heterocycles. The van der Waals surface area contributed by atoms with Crippen LogP contribution in [0.2, 0.25) is 0 Å². The first kappa shape index (κ1) is 17.4. The monoisotopic (exact) mass is 370 g/mol. The lowest BCUT2D eigenvalue weighted by Crippen LogP contribution is -2.36. The number of aromatic nitrogens is 2. The van der Waals surface area contributed by atoms with Gasteiger partial charge in [-0.25, -0.2) is 4.79 Å². The second-order valence-corrected chi connectivity index (χ2v) is 7.16. The highest BCUT2D eigenvalue weighted by molar-refractivity contribution is 6.03. The van der Waals surface area contributed by atoms with Crippen molar-refractivity contribution in [3.8, 4) is 11.6 Å². The summed E-state index contributed by atoms with van der Waals surface area (Å²) >= 11 is 0. The SMILES string of the molecule is O=c1[nH]c(=O)n(C2CCCCC2)c(O)c1C1=NNC(c2ccc(O)cc2)C1. The summed E-state index contributed by atoms with van der Waals surface area (Å²) in [6.07, 6.45) is 5.12. The summed E-state index contributed by atoms with van der Waals surface area (Å²) in [5, 5.41) is 24.4. The highest BCUT2D eigenvalue weighted by atomic mass is 16.3. The second-order valence-electron chi connectivity index (χ2n) is 7.16. The van der Waals surface area contributed by atoms with E-state index in [-0.39, 0.29) is 29.3 Å².